The van der Waals surface area contributed by atoms with E-state index in [9.17, 15) is 14.3 Å². The molecule has 0 fully saturated rings. The van der Waals surface area contributed by atoms with Crippen LogP contribution in [0.1, 0.15) is 4.88 Å². The van der Waals surface area contributed by atoms with Gasteiger partial charge in [-0.3, -0.25) is 9.78 Å². The van der Waals surface area contributed by atoms with Crippen LogP contribution in [0, 0.1) is 5.82 Å². The SMILES string of the molecule is O=c1[nH]c(O)c(/C=c2/ccc(=C3N=c4cc(Cl)c(Cl)cc4=N3)cc2F)s1. The number of hydrogen-bond donors (Lipinski definition) is 2. The number of aromatic hydroxyl groups is 1. The van der Waals surface area contributed by atoms with E-state index >= 15 is 0 Å². The molecular formula is C17H8Cl2FN3O2S. The minimum Gasteiger partial charge on any atom is -0.493 e. The van der Waals surface area contributed by atoms with Crippen LogP contribution in [0.5, 0.6) is 5.88 Å². The van der Waals surface area contributed by atoms with Crippen molar-refractivity contribution in [3.05, 3.63) is 81.9 Å². The lowest BCUT2D eigenvalue weighted by Gasteiger charge is -1.94. The van der Waals surface area contributed by atoms with Crippen LogP contribution < -0.4 is 26.0 Å². The predicted molar refractivity (Wildman–Crippen MR) is 98.0 cm³/mol. The lowest BCUT2D eigenvalue weighted by Crippen LogP contribution is -2.20. The van der Waals surface area contributed by atoms with Gasteiger partial charge < -0.3 is 5.11 Å². The highest BCUT2D eigenvalue weighted by atomic mass is 35.5. The van der Waals surface area contributed by atoms with Gasteiger partial charge in [0.05, 0.1) is 25.6 Å². The Morgan fingerprint density at radius 2 is 1.77 bits per heavy atom. The molecule has 26 heavy (non-hydrogen) atoms. The molecule has 9 heteroatoms. The summed E-state index contributed by atoms with van der Waals surface area (Å²) in [6.07, 6.45) is 1.39. The highest BCUT2D eigenvalue weighted by Gasteiger charge is 2.08. The molecule has 5 nitrogen and oxygen atoms in total. The van der Waals surface area contributed by atoms with E-state index < -0.39 is 10.7 Å². The number of rotatable bonds is 1. The number of fused-ring (bicyclic) bond motifs is 1. The Hall–Kier alpha value is -2.48. The monoisotopic (exact) mass is 407 g/mol. The van der Waals surface area contributed by atoms with Crippen LogP contribution in [0.15, 0.2) is 45.1 Å². The maximum atomic E-state index is 14.4. The second-order valence-electron chi connectivity index (χ2n) is 5.41. The number of nitrogens with zero attached hydrogens (tertiary/aromatic N) is 2. The number of halogens is 3. The molecule has 130 valence electrons. The van der Waals surface area contributed by atoms with Crippen LogP contribution in [-0.4, -0.2) is 10.1 Å². The van der Waals surface area contributed by atoms with E-state index in [-0.39, 0.29) is 16.0 Å². The van der Waals surface area contributed by atoms with E-state index in [1.165, 1.54) is 18.2 Å². The van der Waals surface area contributed by atoms with Crippen molar-refractivity contribution in [2.24, 2.45) is 9.98 Å². The first kappa shape index (κ1) is 17.0. The van der Waals surface area contributed by atoms with E-state index in [2.05, 4.69) is 15.0 Å². The average Bonchev–Trinajstić information content (AvgIpc) is 3.12. The van der Waals surface area contributed by atoms with E-state index in [0.717, 1.165) is 11.3 Å². The summed E-state index contributed by atoms with van der Waals surface area (Å²) in [6.45, 7) is 0. The fraction of sp³-hybridized carbons (Fsp3) is 0. The highest BCUT2D eigenvalue weighted by molar-refractivity contribution is 7.10. The number of hydrogen-bond acceptors (Lipinski definition) is 5. The summed E-state index contributed by atoms with van der Waals surface area (Å²) in [7, 11) is 0. The third-order valence-electron chi connectivity index (χ3n) is 3.67. The van der Waals surface area contributed by atoms with Crippen LogP contribution in [0.4, 0.5) is 4.39 Å². The first-order chi connectivity index (χ1) is 12.4. The molecule has 1 aromatic heterocycles. The van der Waals surface area contributed by atoms with Crippen molar-refractivity contribution in [3.63, 3.8) is 0 Å². The second-order valence-corrected chi connectivity index (χ2v) is 7.24. The molecular weight excluding hydrogens is 400 g/mol. The zero-order valence-electron chi connectivity index (χ0n) is 12.8. The van der Waals surface area contributed by atoms with Gasteiger partial charge in [-0.05, 0) is 24.3 Å². The molecule has 0 atom stereocenters. The molecule has 0 radical (unpaired) electrons. The summed E-state index contributed by atoms with van der Waals surface area (Å²) in [5.74, 6) is -0.478. The van der Waals surface area contributed by atoms with Gasteiger partial charge in [-0.25, -0.2) is 14.4 Å². The zero-order chi connectivity index (χ0) is 18.4. The number of H-pyrrole nitrogens is 1. The topological polar surface area (TPSA) is 77.8 Å². The molecule has 0 saturated carbocycles. The summed E-state index contributed by atoms with van der Waals surface area (Å²) in [4.78, 5) is 22.0. The number of benzene rings is 2. The molecule has 0 saturated heterocycles. The quantitative estimate of drug-likeness (QED) is 0.639. The second kappa shape index (κ2) is 6.35. The molecule has 1 aliphatic rings. The van der Waals surface area contributed by atoms with Gasteiger partial charge in [0.1, 0.15) is 5.82 Å². The highest BCUT2D eigenvalue weighted by Crippen LogP contribution is 2.18. The Labute approximate surface area is 158 Å². The Kier molecular flexibility index (Phi) is 4.14. The van der Waals surface area contributed by atoms with Crippen LogP contribution in [0.25, 0.3) is 11.9 Å². The molecule has 0 amide bonds. The van der Waals surface area contributed by atoms with Gasteiger partial charge in [-0.2, -0.15) is 0 Å². The fourth-order valence-corrected chi connectivity index (χ4v) is 3.44. The lowest BCUT2D eigenvalue weighted by atomic mass is 10.2. The van der Waals surface area contributed by atoms with Crippen LogP contribution in [0.3, 0.4) is 0 Å². The van der Waals surface area contributed by atoms with E-state index in [4.69, 9.17) is 23.2 Å². The average molecular weight is 408 g/mol. The van der Waals surface area contributed by atoms with E-state index in [1.54, 1.807) is 18.2 Å². The van der Waals surface area contributed by atoms with Gasteiger partial charge in [0, 0.05) is 10.4 Å². The molecule has 0 bridgehead atoms. The zero-order valence-corrected chi connectivity index (χ0v) is 15.1. The molecule has 0 unspecified atom stereocenters. The normalized spacial score (nSPS) is 13.5. The summed E-state index contributed by atoms with van der Waals surface area (Å²) >= 11 is 12.7. The maximum absolute atomic E-state index is 14.4. The molecule has 0 aliphatic carbocycles. The summed E-state index contributed by atoms with van der Waals surface area (Å²) in [5.41, 5.74) is 0. The largest absolute Gasteiger partial charge is 0.493 e. The van der Waals surface area contributed by atoms with Gasteiger partial charge in [-0.1, -0.05) is 46.7 Å². The Morgan fingerprint density at radius 3 is 2.31 bits per heavy atom. The standard InChI is InChI=1S/C17H8Cl2FN3O2S/c18-9-5-12-13(6-10(9)19)22-15(21-12)8-2-1-7(11(20)3-8)4-14-16(24)23-17(25)26-14/h1-6,24H,(H,23,25)/b7-4-. The number of thiazole rings is 1. The molecule has 3 aromatic rings. The predicted octanol–water partition coefficient (Wildman–Crippen LogP) is 1.44. The third kappa shape index (κ3) is 3.05. The Balaban J connectivity index is 1.87. The minimum atomic E-state index is -0.535. The van der Waals surface area contributed by atoms with Crippen molar-refractivity contribution < 1.29 is 9.50 Å². The van der Waals surface area contributed by atoms with Crippen molar-refractivity contribution >= 4 is 46.4 Å². The van der Waals surface area contributed by atoms with Gasteiger partial charge in [0.2, 0.25) is 5.88 Å². The van der Waals surface area contributed by atoms with Gasteiger partial charge in [0.15, 0.2) is 5.82 Å². The van der Waals surface area contributed by atoms with E-state index in [1.807, 2.05) is 0 Å². The van der Waals surface area contributed by atoms with Gasteiger partial charge in [0.25, 0.3) is 0 Å². The molecule has 4 rings (SSSR count). The maximum Gasteiger partial charge on any atom is 0.307 e. The molecule has 2 aromatic carbocycles. The molecule has 1 aliphatic heterocycles. The fourth-order valence-electron chi connectivity index (χ4n) is 2.44. The van der Waals surface area contributed by atoms with Crippen molar-refractivity contribution in [1.82, 2.24) is 4.98 Å². The lowest BCUT2D eigenvalue weighted by molar-refractivity contribution is 0.455. The smallest absolute Gasteiger partial charge is 0.307 e. The van der Waals surface area contributed by atoms with Crippen molar-refractivity contribution in [3.8, 4) is 5.88 Å². The van der Waals surface area contributed by atoms with Crippen LogP contribution in [0.2, 0.25) is 10.0 Å². The van der Waals surface area contributed by atoms with Crippen molar-refractivity contribution in [1.29, 1.82) is 0 Å². The van der Waals surface area contributed by atoms with Gasteiger partial charge in [-0.15, -0.1) is 0 Å². The van der Waals surface area contributed by atoms with E-state index in [0.29, 0.717) is 31.8 Å². The third-order valence-corrected chi connectivity index (χ3v) is 5.21. The van der Waals surface area contributed by atoms with Crippen molar-refractivity contribution in [2.75, 3.05) is 0 Å². The first-order valence-corrected chi connectivity index (χ1v) is 8.84. The Bertz CT molecular complexity index is 1320. The molecule has 2 heterocycles. The number of nitrogens with one attached hydrogen (secondary N) is 1. The Morgan fingerprint density at radius 1 is 1.12 bits per heavy atom. The van der Waals surface area contributed by atoms with Gasteiger partial charge >= 0.3 is 4.87 Å². The minimum absolute atomic E-state index is 0.224. The van der Waals surface area contributed by atoms with Crippen molar-refractivity contribution in [2.45, 2.75) is 0 Å². The summed E-state index contributed by atoms with van der Waals surface area (Å²) in [5, 5.41) is 12.2. The summed E-state index contributed by atoms with van der Waals surface area (Å²) in [6, 6.07) is 7.67. The number of aromatic amines is 1. The first-order valence-electron chi connectivity index (χ1n) is 7.27. The summed E-state index contributed by atoms with van der Waals surface area (Å²) < 4.78 is 14.4. The van der Waals surface area contributed by atoms with Crippen LogP contribution >= 0.6 is 34.5 Å². The molecule has 0 spiro atoms. The number of aromatic nitrogens is 1. The van der Waals surface area contributed by atoms with Crippen LogP contribution in [-0.2, 0) is 0 Å². The molecule has 2 N–H and O–H groups in total.